The van der Waals surface area contributed by atoms with E-state index in [1.807, 2.05) is 0 Å². The quantitative estimate of drug-likeness (QED) is 0.900. The Balaban J connectivity index is 1.80. The van der Waals surface area contributed by atoms with Crippen LogP contribution in [-0.4, -0.2) is 6.61 Å². The van der Waals surface area contributed by atoms with Gasteiger partial charge in [-0.2, -0.15) is 0 Å². The third-order valence-corrected chi connectivity index (χ3v) is 4.40. The van der Waals surface area contributed by atoms with E-state index in [9.17, 15) is 0 Å². The smallest absolute Gasteiger partial charge is 0.124 e. The van der Waals surface area contributed by atoms with Crippen LogP contribution in [0.5, 0.6) is 5.75 Å². The second-order valence-corrected chi connectivity index (χ2v) is 5.78. The fraction of sp³-hybridized carbons (Fsp3) is 0.444. The number of ether oxygens (including phenoxy) is 1. The first-order chi connectivity index (χ1) is 9.88. The molecule has 0 aliphatic heterocycles. The minimum atomic E-state index is 0.529. The zero-order valence-electron chi connectivity index (χ0n) is 12.0. The van der Waals surface area contributed by atoms with E-state index in [0.29, 0.717) is 6.54 Å². The molecule has 1 saturated carbocycles. The maximum absolute atomic E-state index is 6.10. The standard InChI is InChI=1S/C18H23NO/c19-12-17-16-9-5-4-8-15(16)10-11-18(17)20-13-14-6-2-1-3-7-14/h4-5,8-11,14H,1-3,6-7,12-13,19H2. The molecule has 2 aromatic carbocycles. The van der Waals surface area contributed by atoms with Gasteiger partial charge in [-0.25, -0.2) is 0 Å². The SMILES string of the molecule is NCc1c(OCC2CCCCC2)ccc2ccccc12. The van der Waals surface area contributed by atoms with Crippen molar-refractivity contribution in [2.45, 2.75) is 38.6 Å². The Morgan fingerprint density at radius 1 is 1.00 bits per heavy atom. The molecular weight excluding hydrogens is 246 g/mol. The zero-order valence-corrected chi connectivity index (χ0v) is 12.0. The van der Waals surface area contributed by atoms with Gasteiger partial charge in [-0.3, -0.25) is 0 Å². The van der Waals surface area contributed by atoms with E-state index in [4.69, 9.17) is 10.5 Å². The summed E-state index contributed by atoms with van der Waals surface area (Å²) >= 11 is 0. The Hall–Kier alpha value is -1.54. The largest absolute Gasteiger partial charge is 0.493 e. The predicted molar refractivity (Wildman–Crippen MR) is 83.9 cm³/mol. The molecule has 0 atom stereocenters. The lowest BCUT2D eigenvalue weighted by atomic mass is 9.90. The second kappa shape index (κ2) is 6.27. The first-order valence-corrected chi connectivity index (χ1v) is 7.72. The van der Waals surface area contributed by atoms with Gasteiger partial charge in [0.15, 0.2) is 0 Å². The minimum Gasteiger partial charge on any atom is -0.493 e. The molecule has 1 aliphatic carbocycles. The van der Waals surface area contributed by atoms with Gasteiger partial charge in [-0.1, -0.05) is 49.6 Å². The minimum absolute atomic E-state index is 0.529. The molecular formula is C18H23NO. The maximum Gasteiger partial charge on any atom is 0.124 e. The number of benzene rings is 2. The molecule has 1 aliphatic rings. The summed E-state index contributed by atoms with van der Waals surface area (Å²) in [6.07, 6.45) is 6.72. The second-order valence-electron chi connectivity index (χ2n) is 5.78. The van der Waals surface area contributed by atoms with Gasteiger partial charge >= 0.3 is 0 Å². The average molecular weight is 269 g/mol. The summed E-state index contributed by atoms with van der Waals surface area (Å²) in [6.45, 7) is 1.37. The van der Waals surface area contributed by atoms with Crippen molar-refractivity contribution in [3.63, 3.8) is 0 Å². The van der Waals surface area contributed by atoms with Crippen LogP contribution in [-0.2, 0) is 6.54 Å². The highest BCUT2D eigenvalue weighted by molar-refractivity contribution is 5.87. The average Bonchev–Trinajstić information content (AvgIpc) is 2.53. The summed E-state index contributed by atoms with van der Waals surface area (Å²) in [4.78, 5) is 0. The van der Waals surface area contributed by atoms with Gasteiger partial charge in [0.1, 0.15) is 5.75 Å². The Morgan fingerprint density at radius 2 is 1.80 bits per heavy atom. The van der Waals surface area contributed by atoms with E-state index < -0.39 is 0 Å². The summed E-state index contributed by atoms with van der Waals surface area (Å²) in [5.41, 5.74) is 7.08. The highest BCUT2D eigenvalue weighted by Gasteiger charge is 2.15. The maximum atomic E-state index is 6.10. The fourth-order valence-electron chi connectivity index (χ4n) is 3.22. The highest BCUT2D eigenvalue weighted by Crippen LogP contribution is 2.30. The normalized spacial score (nSPS) is 16.4. The molecule has 20 heavy (non-hydrogen) atoms. The number of hydrogen-bond acceptors (Lipinski definition) is 2. The van der Waals surface area contributed by atoms with Crippen molar-refractivity contribution in [2.75, 3.05) is 6.61 Å². The fourth-order valence-corrected chi connectivity index (χ4v) is 3.22. The Bertz CT molecular complexity index is 573. The Morgan fingerprint density at radius 3 is 2.60 bits per heavy atom. The van der Waals surface area contributed by atoms with Crippen LogP contribution in [0.25, 0.3) is 10.8 Å². The summed E-state index contributed by atoms with van der Waals surface area (Å²) in [7, 11) is 0. The van der Waals surface area contributed by atoms with Crippen LogP contribution in [0.15, 0.2) is 36.4 Å². The van der Waals surface area contributed by atoms with E-state index in [-0.39, 0.29) is 0 Å². The first kappa shape index (κ1) is 13.4. The van der Waals surface area contributed by atoms with Crippen LogP contribution >= 0.6 is 0 Å². The van der Waals surface area contributed by atoms with E-state index in [2.05, 4.69) is 36.4 Å². The van der Waals surface area contributed by atoms with Crippen molar-refractivity contribution >= 4 is 10.8 Å². The molecule has 2 aromatic rings. The molecule has 2 N–H and O–H groups in total. The molecule has 0 heterocycles. The van der Waals surface area contributed by atoms with Gasteiger partial charge in [0.2, 0.25) is 0 Å². The Kier molecular flexibility index (Phi) is 4.22. The van der Waals surface area contributed by atoms with Gasteiger partial charge in [-0.15, -0.1) is 0 Å². The molecule has 0 aromatic heterocycles. The lowest BCUT2D eigenvalue weighted by molar-refractivity contribution is 0.207. The van der Waals surface area contributed by atoms with Crippen molar-refractivity contribution in [1.82, 2.24) is 0 Å². The summed E-state index contributed by atoms with van der Waals surface area (Å²) in [6, 6.07) is 12.6. The third kappa shape index (κ3) is 2.80. The van der Waals surface area contributed by atoms with Crippen LogP contribution in [0.2, 0.25) is 0 Å². The van der Waals surface area contributed by atoms with Crippen LogP contribution < -0.4 is 10.5 Å². The van der Waals surface area contributed by atoms with Gasteiger partial charge in [0, 0.05) is 12.1 Å². The van der Waals surface area contributed by atoms with Crippen molar-refractivity contribution in [1.29, 1.82) is 0 Å². The van der Waals surface area contributed by atoms with E-state index in [1.54, 1.807) is 0 Å². The molecule has 0 bridgehead atoms. The number of nitrogens with two attached hydrogens (primary N) is 1. The molecule has 0 amide bonds. The van der Waals surface area contributed by atoms with Crippen LogP contribution in [0.4, 0.5) is 0 Å². The predicted octanol–water partition coefficient (Wildman–Crippen LogP) is 4.26. The summed E-state index contributed by atoms with van der Waals surface area (Å²) < 4.78 is 6.10. The zero-order chi connectivity index (χ0) is 13.8. The number of rotatable bonds is 4. The number of hydrogen-bond donors (Lipinski definition) is 1. The Labute approximate surface area is 120 Å². The monoisotopic (exact) mass is 269 g/mol. The van der Waals surface area contributed by atoms with Gasteiger partial charge in [-0.05, 0) is 35.6 Å². The molecule has 0 unspecified atom stereocenters. The molecule has 3 rings (SSSR count). The van der Waals surface area contributed by atoms with Crippen molar-refractivity contribution < 1.29 is 4.74 Å². The summed E-state index contributed by atoms with van der Waals surface area (Å²) in [5, 5.41) is 2.45. The third-order valence-electron chi connectivity index (χ3n) is 4.40. The lowest BCUT2D eigenvalue weighted by Gasteiger charge is -2.22. The molecule has 2 nitrogen and oxygen atoms in total. The summed E-state index contributed by atoms with van der Waals surface area (Å²) in [5.74, 6) is 1.69. The molecule has 106 valence electrons. The lowest BCUT2D eigenvalue weighted by Crippen LogP contribution is -2.16. The van der Waals surface area contributed by atoms with Crippen LogP contribution in [0.1, 0.15) is 37.7 Å². The van der Waals surface area contributed by atoms with Crippen molar-refractivity contribution in [2.24, 2.45) is 11.7 Å². The van der Waals surface area contributed by atoms with E-state index in [1.165, 1.54) is 42.9 Å². The van der Waals surface area contributed by atoms with E-state index in [0.717, 1.165) is 23.8 Å². The molecule has 2 heteroatoms. The van der Waals surface area contributed by atoms with Crippen LogP contribution in [0, 0.1) is 5.92 Å². The molecule has 1 fully saturated rings. The van der Waals surface area contributed by atoms with Gasteiger partial charge in [0.05, 0.1) is 6.61 Å². The molecule has 0 saturated heterocycles. The highest BCUT2D eigenvalue weighted by atomic mass is 16.5. The van der Waals surface area contributed by atoms with Gasteiger partial charge < -0.3 is 10.5 Å². The van der Waals surface area contributed by atoms with Gasteiger partial charge in [0.25, 0.3) is 0 Å². The number of fused-ring (bicyclic) bond motifs is 1. The van der Waals surface area contributed by atoms with Crippen LogP contribution in [0.3, 0.4) is 0 Å². The van der Waals surface area contributed by atoms with Crippen molar-refractivity contribution in [3.05, 3.63) is 42.0 Å². The molecule has 0 spiro atoms. The van der Waals surface area contributed by atoms with Crippen molar-refractivity contribution in [3.8, 4) is 5.75 Å². The topological polar surface area (TPSA) is 35.2 Å². The molecule has 0 radical (unpaired) electrons. The first-order valence-electron chi connectivity index (χ1n) is 7.72. The van der Waals surface area contributed by atoms with E-state index >= 15 is 0 Å².